The summed E-state index contributed by atoms with van der Waals surface area (Å²) >= 11 is 6.98. The van der Waals surface area contributed by atoms with Gasteiger partial charge in [-0.3, -0.25) is 0 Å². The molecule has 0 atom stereocenters. The molecular weight excluding hydrogens is 60.9 g/mol. The summed E-state index contributed by atoms with van der Waals surface area (Å²) in [7, 11) is 0. The van der Waals surface area contributed by atoms with Gasteiger partial charge in [0.05, 0.1) is 0 Å². The fourth-order valence-corrected chi connectivity index (χ4v) is 0. The van der Waals surface area contributed by atoms with Crippen molar-refractivity contribution in [2.24, 2.45) is 0 Å². The van der Waals surface area contributed by atoms with Crippen LogP contribution in [0.2, 0.25) is 6.55 Å². The molecule has 0 nitrogen and oxygen atoms in total. The third-order valence-electron chi connectivity index (χ3n) is 0. The summed E-state index contributed by atoms with van der Waals surface area (Å²) in [5.74, 6) is 0. The van der Waals surface area contributed by atoms with Gasteiger partial charge in [0.1, 0.15) is 0 Å². The van der Waals surface area contributed by atoms with Gasteiger partial charge in [0.15, 0.2) is 0 Å². The zero-order chi connectivity index (χ0) is 4.50. The van der Waals surface area contributed by atoms with Crippen molar-refractivity contribution >= 4 is 54.1 Å². The third kappa shape index (κ3) is 23.9. The van der Waals surface area contributed by atoms with Crippen LogP contribution < -0.4 is 0 Å². The van der Waals surface area contributed by atoms with Crippen molar-refractivity contribution in [1.29, 1.82) is 0 Å². The first kappa shape index (κ1) is 7.01. The quantitative estimate of drug-likeness (QED) is 0.319. The van der Waals surface area contributed by atoms with Gasteiger partial charge in [0.2, 0.25) is 0 Å². The summed E-state index contributed by atoms with van der Waals surface area (Å²) in [5, 5.41) is 0. The van der Waals surface area contributed by atoms with Gasteiger partial charge < -0.3 is 0 Å². The molecule has 14 valence electrons. The van der Waals surface area contributed by atoms with Gasteiger partial charge >= 0.3 is 60.7 Å². The molecule has 0 heterocycles. The van der Waals surface area contributed by atoms with Crippen LogP contribution in [0.5, 0.6) is 0 Å². The summed E-state index contributed by atoms with van der Waals surface area (Å²) in [6.45, 7) is 2.33. The molecule has 0 N–H and O–H groups in total. The Morgan fingerprint density at radius 3 is 1.20 bits per heavy atom. The molecule has 0 rings (SSSR count). The van der Waals surface area contributed by atoms with Crippen LogP contribution in [0.15, 0.2) is 0 Å². The molecule has 0 fully saturated rings. The van der Waals surface area contributed by atoms with E-state index < -0.39 is 3.05 Å². The predicted octanol–water partition coefficient (Wildman–Crippen LogP) is -0.939. The summed E-state index contributed by atoms with van der Waals surface area (Å²) in [5.41, 5.74) is 0. The maximum atomic E-state index is 2.33. The Kier molecular flexibility index (Phi) is 3.29. The maximum absolute atomic E-state index is 2.33. The van der Waals surface area contributed by atoms with E-state index in [4.69, 9.17) is 0 Å². The molecule has 0 bridgehead atoms. The van der Waals surface area contributed by atoms with Gasteiger partial charge in [0, 0.05) is 0 Å². The molecule has 5 heavy (non-hydrogen) atoms. The van der Waals surface area contributed by atoms with Gasteiger partial charge in [-0.25, -0.2) is 0 Å². The molecular formula is CH3Li3Si. The second-order valence-corrected chi connectivity index (χ2v) is 9.00. The van der Waals surface area contributed by atoms with E-state index in [0.29, 0.717) is 0 Å². The number of rotatable bonds is 0. The Labute approximate surface area is 60.1 Å². The van der Waals surface area contributed by atoms with Crippen molar-refractivity contribution in [3.05, 3.63) is 0 Å². The molecule has 0 radical (unpaired) electrons. The fraction of sp³-hybridized carbons (Fsp3) is 1.00. The van der Waals surface area contributed by atoms with Crippen molar-refractivity contribution in [1.82, 2.24) is 0 Å². The summed E-state index contributed by atoms with van der Waals surface area (Å²) in [6, 6.07) is 0. The van der Waals surface area contributed by atoms with Crippen molar-refractivity contribution in [3.63, 3.8) is 0 Å². The first-order valence-corrected chi connectivity index (χ1v) is 6.00. The van der Waals surface area contributed by atoms with Crippen LogP contribution in [0, 0.1) is 0 Å². The van der Waals surface area contributed by atoms with Gasteiger partial charge in [-0.05, 0) is 0 Å². The van der Waals surface area contributed by atoms with Crippen LogP contribution in [0.4, 0.5) is 0 Å². The SMILES string of the molecule is [Li][Si]([Li])([Li])C. The molecule has 0 spiro atoms. The van der Waals surface area contributed by atoms with Gasteiger partial charge in [-0.1, -0.05) is 0 Å². The molecule has 0 aromatic carbocycles. The van der Waals surface area contributed by atoms with Crippen molar-refractivity contribution in [2.45, 2.75) is 6.55 Å². The molecule has 0 aliphatic rings. The normalized spacial score (nSPS) is 12.6. The molecule has 0 aromatic rings. The first-order chi connectivity index (χ1) is 2.00. The molecule has 4 heteroatoms. The Hall–Kier alpha value is 2.01. The summed E-state index contributed by atoms with van der Waals surface area (Å²) in [4.78, 5) is 0. The average Bonchev–Trinajstić information content (AvgIpc) is 0.722. The van der Waals surface area contributed by atoms with Crippen LogP contribution >= 0.6 is 0 Å². The van der Waals surface area contributed by atoms with Crippen LogP contribution in [-0.4, -0.2) is 54.1 Å². The summed E-state index contributed by atoms with van der Waals surface area (Å²) in [6.07, 6.45) is 0. The molecule has 0 aliphatic carbocycles. The monoisotopic (exact) mass is 64.0 g/mol. The Bertz CT molecular complexity index is 22.4. The Morgan fingerprint density at radius 1 is 1.20 bits per heavy atom. The van der Waals surface area contributed by atoms with Gasteiger partial charge in [-0.2, -0.15) is 0 Å². The minimum atomic E-state index is -0.611. The van der Waals surface area contributed by atoms with Crippen molar-refractivity contribution in [3.8, 4) is 0 Å². The van der Waals surface area contributed by atoms with Crippen LogP contribution in [0.1, 0.15) is 0 Å². The average molecular weight is 63.9 g/mol. The van der Waals surface area contributed by atoms with E-state index in [9.17, 15) is 0 Å². The minimum absolute atomic E-state index is 0.611. The van der Waals surface area contributed by atoms with E-state index in [1.165, 1.54) is 0 Å². The van der Waals surface area contributed by atoms with Crippen molar-refractivity contribution in [2.75, 3.05) is 0 Å². The number of hydrogen-bond donors (Lipinski definition) is 0. The molecule has 0 saturated carbocycles. The number of hydrogen-bond acceptors (Lipinski definition) is 0. The Morgan fingerprint density at radius 2 is 1.20 bits per heavy atom. The van der Waals surface area contributed by atoms with E-state index in [1.54, 1.807) is 0 Å². The molecule has 0 saturated heterocycles. The van der Waals surface area contributed by atoms with E-state index >= 15 is 0 Å². The van der Waals surface area contributed by atoms with E-state index in [2.05, 4.69) is 57.6 Å². The van der Waals surface area contributed by atoms with Crippen LogP contribution in [-0.2, 0) is 0 Å². The zero-order valence-corrected chi connectivity index (χ0v) is 5.50. The third-order valence-corrected chi connectivity index (χ3v) is 0. The predicted molar refractivity (Wildman–Crippen MR) is 28.9 cm³/mol. The second kappa shape index (κ2) is 2.35. The van der Waals surface area contributed by atoms with E-state index in [0.717, 1.165) is 0 Å². The van der Waals surface area contributed by atoms with Crippen LogP contribution in [0.3, 0.4) is 0 Å². The molecule has 0 aromatic heterocycles. The summed E-state index contributed by atoms with van der Waals surface area (Å²) < 4.78 is -0.611. The van der Waals surface area contributed by atoms with Gasteiger partial charge in [0.25, 0.3) is 0 Å². The Balaban J connectivity index is 3.02. The van der Waals surface area contributed by atoms with Gasteiger partial charge in [-0.15, -0.1) is 0 Å². The van der Waals surface area contributed by atoms with Crippen LogP contribution in [0.25, 0.3) is 0 Å². The molecule has 0 unspecified atom stereocenters. The molecule has 0 amide bonds. The topological polar surface area (TPSA) is 0 Å². The fourth-order valence-electron chi connectivity index (χ4n) is 0. The molecule has 0 aliphatic heterocycles. The standard InChI is InChI=1S/CH3Si.3Li/c1-2;;;/h1H3;;;. The van der Waals surface area contributed by atoms with Crippen molar-refractivity contribution < 1.29 is 0 Å². The van der Waals surface area contributed by atoms with E-state index in [-0.39, 0.29) is 0 Å². The van der Waals surface area contributed by atoms with E-state index in [1.807, 2.05) is 0 Å². The first-order valence-electron chi connectivity index (χ1n) is 2.00. The zero-order valence-electron chi connectivity index (χ0n) is 4.50. The second-order valence-electron chi connectivity index (χ2n) is 3.00.